The van der Waals surface area contributed by atoms with Gasteiger partial charge in [-0.05, 0) is 19.2 Å². The molecule has 1 rings (SSSR count). The molecule has 76 valence electrons. The van der Waals surface area contributed by atoms with Gasteiger partial charge in [-0.2, -0.15) is 0 Å². The van der Waals surface area contributed by atoms with Crippen LogP contribution in [0.25, 0.3) is 0 Å². The maximum atomic E-state index is 10.7. The van der Waals surface area contributed by atoms with E-state index in [9.17, 15) is 4.79 Å². The lowest BCUT2D eigenvalue weighted by Gasteiger charge is -2.06. The van der Waals surface area contributed by atoms with E-state index in [1.54, 1.807) is 13.1 Å². The topological polar surface area (TPSA) is 71.5 Å². The Hall–Kier alpha value is -1.62. The van der Waals surface area contributed by atoms with Crippen molar-refractivity contribution in [3.8, 4) is 5.88 Å². The molecule has 5 heteroatoms. The summed E-state index contributed by atoms with van der Waals surface area (Å²) in [4.78, 5) is 14.6. The maximum absolute atomic E-state index is 10.7. The predicted octanol–water partition coefficient (Wildman–Crippen LogP) is 0.378. The Morgan fingerprint density at radius 3 is 3.14 bits per heavy atom. The molecule has 14 heavy (non-hydrogen) atoms. The van der Waals surface area contributed by atoms with Gasteiger partial charge in [0.1, 0.15) is 12.2 Å². The van der Waals surface area contributed by atoms with Gasteiger partial charge in [-0.3, -0.25) is 0 Å². The van der Waals surface area contributed by atoms with E-state index in [0.29, 0.717) is 13.2 Å². The summed E-state index contributed by atoms with van der Waals surface area (Å²) in [6, 6.07) is 3.03. The molecule has 0 saturated heterocycles. The summed E-state index contributed by atoms with van der Waals surface area (Å²) < 4.78 is 5.18. The molecule has 1 heterocycles. The average molecular weight is 196 g/mol. The van der Waals surface area contributed by atoms with Gasteiger partial charge in [-0.25, -0.2) is 9.78 Å². The van der Waals surface area contributed by atoms with E-state index in [0.717, 1.165) is 0 Å². The molecule has 0 aliphatic heterocycles. The van der Waals surface area contributed by atoms with Crippen LogP contribution in [0, 0.1) is 0 Å². The van der Waals surface area contributed by atoms with Crippen LogP contribution in [-0.4, -0.2) is 36.3 Å². The minimum atomic E-state index is -1.03. The summed E-state index contributed by atoms with van der Waals surface area (Å²) in [6.07, 6.45) is 1.50. The number of aromatic carboxylic acids is 1. The largest absolute Gasteiger partial charge is 0.477 e. The summed E-state index contributed by atoms with van der Waals surface area (Å²) in [5, 5.41) is 11.7. The van der Waals surface area contributed by atoms with Crippen LogP contribution in [0.2, 0.25) is 0 Å². The van der Waals surface area contributed by atoms with E-state index in [1.807, 2.05) is 0 Å². The van der Waals surface area contributed by atoms with Gasteiger partial charge >= 0.3 is 5.97 Å². The van der Waals surface area contributed by atoms with Crippen molar-refractivity contribution in [2.24, 2.45) is 0 Å². The fraction of sp³-hybridized carbons (Fsp3) is 0.333. The first-order valence-corrected chi connectivity index (χ1v) is 4.21. The van der Waals surface area contributed by atoms with Crippen LogP contribution in [0.3, 0.4) is 0 Å². The third kappa shape index (κ3) is 2.70. The zero-order valence-corrected chi connectivity index (χ0v) is 7.86. The summed E-state index contributed by atoms with van der Waals surface area (Å²) in [5.74, 6) is -0.868. The summed E-state index contributed by atoms with van der Waals surface area (Å²) in [5.41, 5.74) is 0.0867. The lowest BCUT2D eigenvalue weighted by molar-refractivity contribution is 0.0691. The van der Waals surface area contributed by atoms with Gasteiger partial charge in [0, 0.05) is 12.7 Å². The van der Waals surface area contributed by atoms with Gasteiger partial charge in [0.2, 0.25) is 5.88 Å². The minimum absolute atomic E-state index is 0.0867. The number of pyridine rings is 1. The Morgan fingerprint density at radius 2 is 2.50 bits per heavy atom. The highest BCUT2D eigenvalue weighted by molar-refractivity contribution is 5.90. The van der Waals surface area contributed by atoms with Gasteiger partial charge in [-0.15, -0.1) is 0 Å². The molecule has 5 nitrogen and oxygen atoms in total. The molecule has 0 atom stereocenters. The number of nitrogens with one attached hydrogen (secondary N) is 1. The van der Waals surface area contributed by atoms with Gasteiger partial charge in [0.05, 0.1) is 0 Å². The minimum Gasteiger partial charge on any atom is -0.477 e. The van der Waals surface area contributed by atoms with Crippen molar-refractivity contribution in [3.05, 3.63) is 23.9 Å². The summed E-state index contributed by atoms with van der Waals surface area (Å²) in [6.45, 7) is 1.05. The van der Waals surface area contributed by atoms with E-state index in [-0.39, 0.29) is 11.4 Å². The summed E-state index contributed by atoms with van der Waals surface area (Å²) in [7, 11) is 1.79. The smallest absolute Gasteiger partial charge is 0.341 e. The number of nitrogens with zero attached hydrogens (tertiary/aromatic N) is 1. The van der Waals surface area contributed by atoms with Crippen LogP contribution in [0.15, 0.2) is 18.3 Å². The lowest BCUT2D eigenvalue weighted by atomic mass is 10.3. The average Bonchev–Trinajstić information content (AvgIpc) is 2.19. The summed E-state index contributed by atoms with van der Waals surface area (Å²) >= 11 is 0. The lowest BCUT2D eigenvalue weighted by Crippen LogP contribution is -2.17. The van der Waals surface area contributed by atoms with Crippen molar-refractivity contribution in [1.82, 2.24) is 10.3 Å². The first-order valence-electron chi connectivity index (χ1n) is 4.21. The molecule has 0 amide bonds. The second-order valence-corrected chi connectivity index (χ2v) is 2.61. The molecule has 0 unspecified atom stereocenters. The molecule has 0 aliphatic rings. The van der Waals surface area contributed by atoms with Crippen molar-refractivity contribution in [2.45, 2.75) is 0 Å². The zero-order valence-electron chi connectivity index (χ0n) is 7.86. The molecule has 0 radical (unpaired) electrons. The Labute approximate surface area is 81.7 Å². The normalized spacial score (nSPS) is 9.79. The number of rotatable bonds is 5. The van der Waals surface area contributed by atoms with Crippen LogP contribution >= 0.6 is 0 Å². The second-order valence-electron chi connectivity index (χ2n) is 2.61. The Kier molecular flexibility index (Phi) is 3.87. The number of hydrogen-bond donors (Lipinski definition) is 2. The van der Waals surface area contributed by atoms with Crippen molar-refractivity contribution < 1.29 is 14.6 Å². The molecule has 0 fully saturated rings. The second kappa shape index (κ2) is 5.18. The third-order valence-electron chi connectivity index (χ3n) is 1.59. The molecular formula is C9H12N2O3. The number of carboxylic acids is 1. The number of carboxylic acid groups (broad SMARTS) is 1. The Morgan fingerprint density at radius 1 is 1.71 bits per heavy atom. The maximum Gasteiger partial charge on any atom is 0.341 e. The first-order chi connectivity index (χ1) is 6.75. The van der Waals surface area contributed by atoms with E-state index in [2.05, 4.69) is 10.3 Å². The van der Waals surface area contributed by atoms with E-state index < -0.39 is 5.97 Å². The quantitative estimate of drug-likeness (QED) is 0.666. The Balaban J connectivity index is 2.69. The van der Waals surface area contributed by atoms with Crippen molar-refractivity contribution >= 4 is 5.97 Å². The van der Waals surface area contributed by atoms with E-state index >= 15 is 0 Å². The first kappa shape index (κ1) is 10.5. The fourth-order valence-corrected chi connectivity index (χ4v) is 0.918. The van der Waals surface area contributed by atoms with Crippen molar-refractivity contribution in [2.75, 3.05) is 20.2 Å². The van der Waals surface area contributed by atoms with Gasteiger partial charge in [0.15, 0.2) is 0 Å². The number of ether oxygens (including phenoxy) is 1. The van der Waals surface area contributed by atoms with Crippen LogP contribution in [0.4, 0.5) is 0 Å². The molecule has 0 saturated carbocycles. The SMILES string of the molecule is CNCCOc1ncccc1C(=O)O. The zero-order chi connectivity index (χ0) is 10.4. The molecule has 1 aromatic heterocycles. The number of hydrogen-bond acceptors (Lipinski definition) is 4. The fourth-order valence-electron chi connectivity index (χ4n) is 0.918. The van der Waals surface area contributed by atoms with Crippen LogP contribution in [0.1, 0.15) is 10.4 Å². The molecule has 2 N–H and O–H groups in total. The number of aromatic nitrogens is 1. The molecule has 1 aromatic rings. The molecule has 0 spiro atoms. The van der Waals surface area contributed by atoms with Crippen molar-refractivity contribution in [1.29, 1.82) is 0 Å². The monoisotopic (exact) mass is 196 g/mol. The van der Waals surface area contributed by atoms with Gasteiger partial charge in [0.25, 0.3) is 0 Å². The number of carbonyl (C=O) groups is 1. The van der Waals surface area contributed by atoms with E-state index in [1.165, 1.54) is 12.3 Å². The predicted molar refractivity (Wildman–Crippen MR) is 50.6 cm³/mol. The third-order valence-corrected chi connectivity index (χ3v) is 1.59. The molecule has 0 aromatic carbocycles. The van der Waals surface area contributed by atoms with E-state index in [4.69, 9.17) is 9.84 Å². The molecular weight excluding hydrogens is 184 g/mol. The van der Waals surface area contributed by atoms with Crippen molar-refractivity contribution in [3.63, 3.8) is 0 Å². The standard InChI is InChI=1S/C9H12N2O3/c1-10-5-6-14-8-7(9(12)13)3-2-4-11-8/h2-4,10H,5-6H2,1H3,(H,12,13). The number of likely N-dealkylation sites (N-methyl/N-ethyl adjacent to an activating group) is 1. The van der Waals surface area contributed by atoms with Gasteiger partial charge in [-0.1, -0.05) is 0 Å². The highest BCUT2D eigenvalue weighted by atomic mass is 16.5. The van der Waals surface area contributed by atoms with Gasteiger partial charge < -0.3 is 15.2 Å². The Bertz CT molecular complexity index is 315. The molecule has 0 aliphatic carbocycles. The highest BCUT2D eigenvalue weighted by Crippen LogP contribution is 2.13. The van der Waals surface area contributed by atoms with Crippen LogP contribution in [-0.2, 0) is 0 Å². The molecule has 0 bridgehead atoms. The highest BCUT2D eigenvalue weighted by Gasteiger charge is 2.10. The van der Waals surface area contributed by atoms with Crippen LogP contribution in [0.5, 0.6) is 5.88 Å². The van der Waals surface area contributed by atoms with Crippen LogP contribution < -0.4 is 10.1 Å².